The van der Waals surface area contributed by atoms with Gasteiger partial charge in [0.25, 0.3) is 0 Å². The van der Waals surface area contributed by atoms with Crippen LogP contribution in [0.4, 0.5) is 0 Å². The summed E-state index contributed by atoms with van der Waals surface area (Å²) in [6.45, 7) is 2.33. The zero-order valence-electron chi connectivity index (χ0n) is 9.34. The summed E-state index contributed by atoms with van der Waals surface area (Å²) >= 11 is 0. The maximum Gasteiger partial charge on any atom is -0.0130 e. The fourth-order valence-corrected chi connectivity index (χ4v) is 3.15. The van der Waals surface area contributed by atoms with Crippen molar-refractivity contribution < 1.29 is 0 Å². The summed E-state index contributed by atoms with van der Waals surface area (Å²) < 4.78 is 0. The Labute approximate surface area is 88.1 Å². The minimum Gasteiger partial charge on any atom is -0.0805 e. The molecule has 0 saturated heterocycles. The average molecular weight is 190 g/mol. The Morgan fingerprint density at radius 1 is 1.29 bits per heavy atom. The van der Waals surface area contributed by atoms with Crippen LogP contribution in [0.3, 0.4) is 0 Å². The summed E-state index contributed by atoms with van der Waals surface area (Å²) in [6.07, 6.45) is 16.9. The lowest BCUT2D eigenvalue weighted by Gasteiger charge is -2.32. The zero-order valence-corrected chi connectivity index (χ0v) is 9.34. The Balaban J connectivity index is 1.99. The molecular formula is C14H22. The Kier molecular flexibility index (Phi) is 3.44. The van der Waals surface area contributed by atoms with Gasteiger partial charge in [-0.1, -0.05) is 56.4 Å². The third kappa shape index (κ3) is 2.10. The molecule has 0 N–H and O–H groups in total. The number of hydrogen-bond donors (Lipinski definition) is 0. The standard InChI is InChI=1S/C14H22/c1-2-7-12-8-5-6-11-14(12)13-9-3-4-10-13/h3-4,9,12,14H,2,5-8,10-11H2,1H3. The smallest absolute Gasteiger partial charge is 0.0130 e. The predicted octanol–water partition coefficient (Wildman–Crippen LogP) is 4.48. The molecule has 1 saturated carbocycles. The minimum atomic E-state index is 0.929. The first kappa shape index (κ1) is 10.0. The van der Waals surface area contributed by atoms with Gasteiger partial charge in [0.15, 0.2) is 0 Å². The van der Waals surface area contributed by atoms with E-state index in [4.69, 9.17) is 0 Å². The summed E-state index contributed by atoms with van der Waals surface area (Å²) in [4.78, 5) is 0. The first-order valence-electron chi connectivity index (χ1n) is 6.27. The van der Waals surface area contributed by atoms with Crippen molar-refractivity contribution in [2.24, 2.45) is 11.8 Å². The first-order chi connectivity index (χ1) is 6.92. The molecule has 0 amide bonds. The van der Waals surface area contributed by atoms with E-state index in [1.807, 2.05) is 0 Å². The van der Waals surface area contributed by atoms with Crippen molar-refractivity contribution in [3.05, 3.63) is 23.8 Å². The highest BCUT2D eigenvalue weighted by Crippen LogP contribution is 2.39. The van der Waals surface area contributed by atoms with Gasteiger partial charge in [0, 0.05) is 0 Å². The van der Waals surface area contributed by atoms with Gasteiger partial charge < -0.3 is 0 Å². The van der Waals surface area contributed by atoms with Gasteiger partial charge in [-0.2, -0.15) is 0 Å². The SMILES string of the molecule is CCCC1CCCCC1C1=CC=CC1. The predicted molar refractivity (Wildman–Crippen MR) is 62.2 cm³/mol. The third-order valence-electron chi connectivity index (χ3n) is 3.84. The van der Waals surface area contributed by atoms with Crippen molar-refractivity contribution >= 4 is 0 Å². The van der Waals surface area contributed by atoms with E-state index in [1.54, 1.807) is 5.57 Å². The summed E-state index contributed by atoms with van der Waals surface area (Å²) in [7, 11) is 0. The molecule has 78 valence electrons. The van der Waals surface area contributed by atoms with Gasteiger partial charge in [0.05, 0.1) is 0 Å². The number of hydrogen-bond acceptors (Lipinski definition) is 0. The van der Waals surface area contributed by atoms with Gasteiger partial charge in [0.1, 0.15) is 0 Å². The Morgan fingerprint density at radius 2 is 2.14 bits per heavy atom. The molecule has 0 radical (unpaired) electrons. The maximum absolute atomic E-state index is 2.37. The van der Waals surface area contributed by atoms with Crippen LogP contribution in [0.25, 0.3) is 0 Å². The Bertz CT molecular complexity index is 232. The van der Waals surface area contributed by atoms with Crippen LogP contribution in [-0.2, 0) is 0 Å². The van der Waals surface area contributed by atoms with Crippen molar-refractivity contribution in [2.75, 3.05) is 0 Å². The molecule has 2 aliphatic rings. The highest BCUT2D eigenvalue weighted by molar-refractivity contribution is 5.25. The van der Waals surface area contributed by atoms with Gasteiger partial charge in [-0.05, 0) is 31.1 Å². The van der Waals surface area contributed by atoms with Crippen LogP contribution in [0, 0.1) is 11.8 Å². The van der Waals surface area contributed by atoms with Crippen LogP contribution < -0.4 is 0 Å². The van der Waals surface area contributed by atoms with Crippen LogP contribution in [0.15, 0.2) is 23.8 Å². The molecule has 0 heteroatoms. The van der Waals surface area contributed by atoms with Crippen molar-refractivity contribution in [3.8, 4) is 0 Å². The molecular weight excluding hydrogens is 168 g/mol. The van der Waals surface area contributed by atoms with Crippen molar-refractivity contribution in [1.82, 2.24) is 0 Å². The van der Waals surface area contributed by atoms with E-state index in [9.17, 15) is 0 Å². The van der Waals surface area contributed by atoms with Gasteiger partial charge in [0.2, 0.25) is 0 Å². The van der Waals surface area contributed by atoms with E-state index < -0.39 is 0 Å². The molecule has 0 spiro atoms. The lowest BCUT2D eigenvalue weighted by molar-refractivity contribution is 0.253. The fourth-order valence-electron chi connectivity index (χ4n) is 3.15. The van der Waals surface area contributed by atoms with Gasteiger partial charge in [-0.15, -0.1) is 0 Å². The number of rotatable bonds is 3. The van der Waals surface area contributed by atoms with Gasteiger partial charge in [-0.25, -0.2) is 0 Å². The molecule has 0 bridgehead atoms. The van der Waals surface area contributed by atoms with E-state index in [0.717, 1.165) is 11.8 Å². The lowest BCUT2D eigenvalue weighted by atomic mass is 9.73. The van der Waals surface area contributed by atoms with Gasteiger partial charge in [-0.3, -0.25) is 0 Å². The first-order valence-corrected chi connectivity index (χ1v) is 6.27. The van der Waals surface area contributed by atoms with Crippen molar-refractivity contribution in [1.29, 1.82) is 0 Å². The Hall–Kier alpha value is -0.520. The molecule has 1 fully saturated rings. The molecule has 0 aliphatic heterocycles. The second kappa shape index (κ2) is 4.82. The fraction of sp³-hybridized carbons (Fsp3) is 0.714. The zero-order chi connectivity index (χ0) is 9.80. The highest BCUT2D eigenvalue weighted by Gasteiger charge is 2.27. The molecule has 2 unspecified atom stereocenters. The molecule has 0 aromatic heterocycles. The molecule has 2 rings (SSSR count). The Morgan fingerprint density at radius 3 is 2.86 bits per heavy atom. The largest absolute Gasteiger partial charge is 0.0805 e. The molecule has 2 atom stereocenters. The van der Waals surface area contributed by atoms with E-state index in [0.29, 0.717) is 0 Å². The summed E-state index contributed by atoms with van der Waals surface area (Å²) in [5, 5.41) is 0. The third-order valence-corrected chi connectivity index (χ3v) is 3.84. The highest BCUT2D eigenvalue weighted by atomic mass is 14.3. The van der Waals surface area contributed by atoms with Crippen LogP contribution >= 0.6 is 0 Å². The van der Waals surface area contributed by atoms with Crippen molar-refractivity contribution in [2.45, 2.75) is 51.9 Å². The second-order valence-electron chi connectivity index (χ2n) is 4.81. The van der Waals surface area contributed by atoms with Crippen LogP contribution in [0.1, 0.15) is 51.9 Å². The number of allylic oxidation sites excluding steroid dienone is 4. The minimum absolute atomic E-state index is 0.929. The molecule has 2 aliphatic carbocycles. The molecule has 0 nitrogen and oxygen atoms in total. The van der Waals surface area contributed by atoms with Crippen molar-refractivity contribution in [3.63, 3.8) is 0 Å². The molecule has 0 aromatic carbocycles. The average Bonchev–Trinajstić information content (AvgIpc) is 2.72. The molecule has 14 heavy (non-hydrogen) atoms. The van der Waals surface area contributed by atoms with Crippen LogP contribution in [0.5, 0.6) is 0 Å². The summed E-state index contributed by atoms with van der Waals surface area (Å²) in [5.41, 5.74) is 1.73. The normalized spacial score (nSPS) is 31.9. The van der Waals surface area contributed by atoms with Gasteiger partial charge >= 0.3 is 0 Å². The monoisotopic (exact) mass is 190 g/mol. The van der Waals surface area contributed by atoms with E-state index in [-0.39, 0.29) is 0 Å². The molecule has 0 aromatic rings. The van der Waals surface area contributed by atoms with E-state index >= 15 is 0 Å². The van der Waals surface area contributed by atoms with E-state index in [1.165, 1.54) is 44.9 Å². The van der Waals surface area contributed by atoms with Crippen LogP contribution in [-0.4, -0.2) is 0 Å². The second-order valence-corrected chi connectivity index (χ2v) is 4.81. The molecule has 0 heterocycles. The summed E-state index contributed by atoms with van der Waals surface area (Å²) in [5.74, 6) is 1.93. The van der Waals surface area contributed by atoms with Crippen LogP contribution in [0.2, 0.25) is 0 Å². The summed E-state index contributed by atoms with van der Waals surface area (Å²) in [6, 6.07) is 0. The quantitative estimate of drug-likeness (QED) is 0.615. The van der Waals surface area contributed by atoms with E-state index in [2.05, 4.69) is 25.2 Å². The lowest BCUT2D eigenvalue weighted by Crippen LogP contribution is -2.20. The topological polar surface area (TPSA) is 0 Å². The maximum atomic E-state index is 2.37.